The highest BCUT2D eigenvalue weighted by Crippen LogP contribution is 2.37. The van der Waals surface area contributed by atoms with Crippen molar-refractivity contribution >= 4 is 21.6 Å². The summed E-state index contributed by atoms with van der Waals surface area (Å²) in [7, 11) is -0.634. The van der Waals surface area contributed by atoms with E-state index < -0.39 is 10.0 Å². The molecule has 1 N–H and O–H groups in total. The lowest BCUT2D eigenvalue weighted by Crippen LogP contribution is -2.48. The molecule has 194 valence electrons. The molecule has 10 heteroatoms. The number of aromatic nitrogens is 1. The van der Waals surface area contributed by atoms with Gasteiger partial charge in [0.25, 0.3) is 5.56 Å². The van der Waals surface area contributed by atoms with Crippen LogP contribution in [0.2, 0.25) is 0 Å². The lowest BCUT2D eigenvalue weighted by atomic mass is 9.84. The number of hydrogen-bond donors (Lipinski definition) is 1. The Hall–Kier alpha value is -3.63. The second kappa shape index (κ2) is 10.0. The summed E-state index contributed by atoms with van der Waals surface area (Å²) in [6, 6.07) is 16.7. The molecule has 2 aromatic carbocycles. The third-order valence-corrected chi connectivity index (χ3v) is 8.88. The van der Waals surface area contributed by atoms with Crippen LogP contribution in [0, 0.1) is 5.92 Å². The zero-order valence-electron chi connectivity index (χ0n) is 20.7. The fourth-order valence-corrected chi connectivity index (χ4v) is 6.85. The van der Waals surface area contributed by atoms with Gasteiger partial charge in [0.15, 0.2) is 11.5 Å². The Kier molecular flexibility index (Phi) is 6.78. The number of pyridine rings is 1. The fraction of sp³-hybridized carbons (Fsp3) is 0.333. The van der Waals surface area contributed by atoms with Gasteiger partial charge in [0.1, 0.15) is 0 Å². The van der Waals surface area contributed by atoms with Crippen molar-refractivity contribution in [3.63, 3.8) is 0 Å². The van der Waals surface area contributed by atoms with Gasteiger partial charge < -0.3 is 19.4 Å². The predicted octanol–water partition coefficient (Wildman–Crippen LogP) is 2.85. The number of fused-ring (bicyclic) bond motifs is 4. The van der Waals surface area contributed by atoms with Crippen molar-refractivity contribution < 1.29 is 22.7 Å². The molecule has 0 radical (unpaired) electrons. The molecule has 3 aromatic rings. The Bertz CT molecular complexity index is 1480. The minimum atomic E-state index is -3.72. The molecule has 1 amide bonds. The molecule has 0 aliphatic carbocycles. The van der Waals surface area contributed by atoms with Crippen LogP contribution < -0.4 is 20.3 Å². The molecule has 2 atom stereocenters. The number of carbonyl (C=O) groups excluding carboxylic acids is 1. The molecule has 2 aliphatic rings. The van der Waals surface area contributed by atoms with Gasteiger partial charge in [-0.3, -0.25) is 9.59 Å². The third kappa shape index (κ3) is 4.99. The van der Waals surface area contributed by atoms with Crippen LogP contribution in [0.4, 0.5) is 5.69 Å². The predicted molar refractivity (Wildman–Crippen MR) is 139 cm³/mol. The number of rotatable bonds is 7. The lowest BCUT2D eigenvalue weighted by molar-refractivity contribution is -0.115. The van der Waals surface area contributed by atoms with Crippen molar-refractivity contribution in [3.8, 4) is 11.5 Å². The van der Waals surface area contributed by atoms with E-state index in [9.17, 15) is 18.0 Å². The van der Waals surface area contributed by atoms with E-state index in [1.54, 1.807) is 54.1 Å². The molecule has 2 bridgehead atoms. The summed E-state index contributed by atoms with van der Waals surface area (Å²) in [4.78, 5) is 25.0. The molecular formula is C27H29N3O6S. The molecule has 1 fully saturated rings. The molecule has 3 heterocycles. The van der Waals surface area contributed by atoms with E-state index in [1.165, 1.54) is 23.5 Å². The number of sulfonamides is 1. The van der Waals surface area contributed by atoms with Gasteiger partial charge >= 0.3 is 0 Å². The first-order chi connectivity index (χ1) is 17.8. The van der Waals surface area contributed by atoms with E-state index in [0.717, 1.165) is 17.7 Å². The summed E-state index contributed by atoms with van der Waals surface area (Å²) >= 11 is 0. The number of ether oxygens (including phenoxy) is 2. The number of nitrogens with zero attached hydrogens (tertiary/aromatic N) is 2. The zero-order valence-corrected chi connectivity index (χ0v) is 21.5. The molecule has 0 saturated carbocycles. The number of carbonyl (C=O) groups is 1. The second-order valence-corrected chi connectivity index (χ2v) is 11.4. The van der Waals surface area contributed by atoms with Crippen LogP contribution in [0.5, 0.6) is 11.5 Å². The quantitative estimate of drug-likeness (QED) is 0.511. The largest absolute Gasteiger partial charge is 0.493 e. The maximum absolute atomic E-state index is 13.4. The minimum Gasteiger partial charge on any atom is -0.493 e. The Balaban J connectivity index is 1.26. The number of nitrogens with one attached hydrogen (secondary N) is 1. The van der Waals surface area contributed by atoms with Gasteiger partial charge in [0.05, 0.1) is 25.5 Å². The number of benzene rings is 2. The number of amides is 1. The number of piperidine rings is 1. The molecule has 0 spiro atoms. The molecule has 5 rings (SSSR count). The van der Waals surface area contributed by atoms with E-state index in [2.05, 4.69) is 5.32 Å². The van der Waals surface area contributed by atoms with Gasteiger partial charge in [0, 0.05) is 43.0 Å². The molecule has 9 nitrogen and oxygen atoms in total. The average molecular weight is 524 g/mol. The van der Waals surface area contributed by atoms with Gasteiger partial charge in [-0.05, 0) is 60.4 Å². The Labute approximate surface area is 215 Å². The van der Waals surface area contributed by atoms with E-state index in [4.69, 9.17) is 9.47 Å². The number of hydrogen-bond acceptors (Lipinski definition) is 6. The molecule has 1 saturated heterocycles. The zero-order chi connectivity index (χ0) is 26.2. The topological polar surface area (TPSA) is 107 Å². The van der Waals surface area contributed by atoms with Crippen molar-refractivity contribution in [1.29, 1.82) is 0 Å². The van der Waals surface area contributed by atoms with Crippen LogP contribution in [0.3, 0.4) is 0 Å². The van der Waals surface area contributed by atoms with Crippen LogP contribution in [-0.4, -0.2) is 50.5 Å². The first kappa shape index (κ1) is 25.0. The Morgan fingerprint density at radius 1 is 0.973 bits per heavy atom. The minimum absolute atomic E-state index is 0.00804. The van der Waals surface area contributed by atoms with E-state index in [0.29, 0.717) is 36.8 Å². The summed E-state index contributed by atoms with van der Waals surface area (Å²) in [5.41, 5.74) is 2.13. The maximum atomic E-state index is 13.4. The summed E-state index contributed by atoms with van der Waals surface area (Å²) < 4.78 is 40.7. The normalized spacial score (nSPS) is 19.1. The SMILES string of the molecule is COc1ccc(CC(=O)Nc2ccc(S(=O)(=O)N3CC4CC(C3)c3cccc(=O)n3C4)cc2)cc1OC. The maximum Gasteiger partial charge on any atom is 0.250 e. The lowest BCUT2D eigenvalue weighted by Gasteiger charge is -2.42. The van der Waals surface area contributed by atoms with Gasteiger partial charge in [-0.25, -0.2) is 8.42 Å². The smallest absolute Gasteiger partial charge is 0.250 e. The highest BCUT2D eigenvalue weighted by atomic mass is 32.2. The first-order valence-corrected chi connectivity index (χ1v) is 13.5. The first-order valence-electron chi connectivity index (χ1n) is 12.1. The van der Waals surface area contributed by atoms with E-state index in [1.807, 2.05) is 6.07 Å². The molecule has 2 aliphatic heterocycles. The highest BCUT2D eigenvalue weighted by Gasteiger charge is 2.39. The Morgan fingerprint density at radius 2 is 1.73 bits per heavy atom. The standard InChI is InChI=1S/C27H29N3O6S/c1-35-24-11-6-18(13-25(24)36-2)14-26(31)28-21-7-9-22(10-8-21)37(33,34)29-15-19-12-20(17-29)23-4-3-5-27(32)30(23)16-19/h3-11,13,19-20H,12,14-17H2,1-2H3,(H,28,31). The van der Waals surface area contributed by atoms with E-state index in [-0.39, 0.29) is 34.6 Å². The van der Waals surface area contributed by atoms with Crippen LogP contribution in [-0.2, 0) is 27.8 Å². The number of methoxy groups -OCH3 is 2. The summed E-state index contributed by atoms with van der Waals surface area (Å²) in [6.07, 6.45) is 1.00. The second-order valence-electron chi connectivity index (χ2n) is 9.46. The van der Waals surface area contributed by atoms with Gasteiger partial charge in [0.2, 0.25) is 15.9 Å². The summed E-state index contributed by atoms with van der Waals surface area (Å²) in [5, 5.41) is 2.81. The Morgan fingerprint density at radius 3 is 2.46 bits per heavy atom. The van der Waals surface area contributed by atoms with Crippen molar-refractivity contribution in [2.75, 3.05) is 32.6 Å². The number of anilines is 1. The van der Waals surface area contributed by atoms with Crippen molar-refractivity contribution in [3.05, 3.63) is 82.3 Å². The molecular weight excluding hydrogens is 494 g/mol. The van der Waals surface area contributed by atoms with Crippen LogP contribution in [0.1, 0.15) is 23.6 Å². The molecule has 1 aromatic heterocycles. The van der Waals surface area contributed by atoms with Crippen molar-refractivity contribution in [1.82, 2.24) is 8.87 Å². The van der Waals surface area contributed by atoms with E-state index >= 15 is 0 Å². The fourth-order valence-electron chi connectivity index (χ4n) is 5.29. The molecule has 37 heavy (non-hydrogen) atoms. The highest BCUT2D eigenvalue weighted by molar-refractivity contribution is 7.89. The van der Waals surface area contributed by atoms with Gasteiger partial charge in [-0.2, -0.15) is 4.31 Å². The van der Waals surface area contributed by atoms with Crippen LogP contribution in [0.25, 0.3) is 0 Å². The van der Waals surface area contributed by atoms with Crippen molar-refractivity contribution in [2.45, 2.75) is 30.2 Å². The average Bonchev–Trinajstić information content (AvgIpc) is 2.89. The van der Waals surface area contributed by atoms with Crippen molar-refractivity contribution in [2.24, 2.45) is 5.92 Å². The third-order valence-electron chi connectivity index (χ3n) is 7.03. The van der Waals surface area contributed by atoms with Gasteiger partial charge in [-0.15, -0.1) is 0 Å². The molecule has 2 unspecified atom stereocenters. The summed E-state index contributed by atoms with van der Waals surface area (Å²) in [5.74, 6) is 0.974. The van der Waals surface area contributed by atoms with Crippen LogP contribution >= 0.6 is 0 Å². The monoisotopic (exact) mass is 523 g/mol. The summed E-state index contributed by atoms with van der Waals surface area (Å²) in [6.45, 7) is 1.25. The van der Waals surface area contributed by atoms with Gasteiger partial charge in [-0.1, -0.05) is 12.1 Å². The van der Waals surface area contributed by atoms with Crippen LogP contribution in [0.15, 0.2) is 70.4 Å².